The van der Waals surface area contributed by atoms with Gasteiger partial charge in [0.15, 0.2) is 0 Å². The minimum atomic E-state index is -0.720. The predicted octanol–water partition coefficient (Wildman–Crippen LogP) is 4.42. The van der Waals surface area contributed by atoms with Gasteiger partial charge in [0.1, 0.15) is 12.0 Å². The van der Waals surface area contributed by atoms with Crippen molar-refractivity contribution in [1.82, 2.24) is 0 Å². The van der Waals surface area contributed by atoms with Crippen LogP contribution >= 0.6 is 35.0 Å². The lowest BCUT2D eigenvalue weighted by Crippen LogP contribution is -2.23. The zero-order chi connectivity index (χ0) is 18.5. The Morgan fingerprint density at radius 2 is 1.81 bits per heavy atom. The number of halogens is 2. The molecular weight excluding hydrogens is 399 g/mol. The van der Waals surface area contributed by atoms with Crippen LogP contribution in [0.15, 0.2) is 48.5 Å². The van der Waals surface area contributed by atoms with E-state index in [2.05, 4.69) is 0 Å². The molecule has 1 aliphatic heterocycles. The van der Waals surface area contributed by atoms with Gasteiger partial charge >= 0.3 is 11.9 Å². The van der Waals surface area contributed by atoms with Crippen LogP contribution in [-0.2, 0) is 14.2 Å². The molecule has 1 fully saturated rings. The number of hydrogen-bond donors (Lipinski definition) is 0. The Labute approximate surface area is 164 Å². The van der Waals surface area contributed by atoms with Gasteiger partial charge in [-0.15, -0.1) is 11.8 Å². The van der Waals surface area contributed by atoms with E-state index in [4.69, 9.17) is 37.4 Å². The third kappa shape index (κ3) is 4.92. The zero-order valence-electron chi connectivity index (χ0n) is 13.4. The summed E-state index contributed by atoms with van der Waals surface area (Å²) in [6.45, 7) is 0.0687. The topological polar surface area (TPSA) is 61.8 Å². The van der Waals surface area contributed by atoms with E-state index >= 15 is 0 Å². The van der Waals surface area contributed by atoms with E-state index in [0.29, 0.717) is 16.3 Å². The number of thioether (sulfide) groups is 1. The number of esters is 2. The van der Waals surface area contributed by atoms with Crippen molar-refractivity contribution in [2.75, 3.05) is 12.4 Å². The molecule has 0 spiro atoms. The number of ether oxygens (including phenoxy) is 3. The van der Waals surface area contributed by atoms with Gasteiger partial charge in [-0.05, 0) is 30.3 Å². The summed E-state index contributed by atoms with van der Waals surface area (Å²) in [5.74, 6) is -0.539. The first-order valence-electron chi connectivity index (χ1n) is 7.68. The molecule has 0 amide bonds. The number of carbonyl (C=O) groups is 2. The molecule has 0 unspecified atom stereocenters. The van der Waals surface area contributed by atoms with Crippen LogP contribution in [0.4, 0.5) is 0 Å². The predicted molar refractivity (Wildman–Crippen MR) is 99.7 cm³/mol. The molecule has 0 saturated carbocycles. The summed E-state index contributed by atoms with van der Waals surface area (Å²) in [5, 5.41) is 0.629. The molecule has 8 heteroatoms. The summed E-state index contributed by atoms with van der Waals surface area (Å²) in [4.78, 5) is 24.0. The largest absolute Gasteiger partial charge is 0.458 e. The van der Waals surface area contributed by atoms with Gasteiger partial charge in [-0.1, -0.05) is 41.4 Å². The third-order valence-electron chi connectivity index (χ3n) is 3.48. The first kappa shape index (κ1) is 19.0. The normalized spacial score (nSPS) is 19.2. The molecule has 2 aromatic rings. The smallest absolute Gasteiger partial charge is 0.340 e. The second kappa shape index (κ2) is 8.77. The lowest BCUT2D eigenvalue weighted by molar-refractivity contribution is -0.103. The van der Waals surface area contributed by atoms with Crippen molar-refractivity contribution in [2.45, 2.75) is 11.7 Å². The maximum atomic E-state index is 12.1. The molecule has 0 aromatic heterocycles. The molecule has 136 valence electrons. The summed E-state index contributed by atoms with van der Waals surface area (Å²) in [6.07, 6.45) is -0.720. The van der Waals surface area contributed by atoms with Gasteiger partial charge < -0.3 is 14.2 Å². The Balaban J connectivity index is 1.47. The molecule has 5 nitrogen and oxygen atoms in total. The number of carbonyl (C=O) groups excluding carboxylic acids is 2. The SMILES string of the molecule is O=C(OC[C@H]1O[C@H](OC(=O)c2ccc(Cl)c(Cl)c2)CS1)c1ccccc1. The third-order valence-corrected chi connectivity index (χ3v) is 5.30. The summed E-state index contributed by atoms with van der Waals surface area (Å²) < 4.78 is 16.1. The van der Waals surface area contributed by atoms with Crippen LogP contribution < -0.4 is 0 Å². The Morgan fingerprint density at radius 1 is 1.04 bits per heavy atom. The number of rotatable bonds is 5. The van der Waals surface area contributed by atoms with Crippen molar-refractivity contribution >= 4 is 46.9 Å². The van der Waals surface area contributed by atoms with E-state index in [1.807, 2.05) is 6.07 Å². The van der Waals surface area contributed by atoms with E-state index in [0.717, 1.165) is 0 Å². The molecule has 26 heavy (non-hydrogen) atoms. The second-order valence-corrected chi connectivity index (χ2v) is 7.33. The van der Waals surface area contributed by atoms with E-state index in [-0.39, 0.29) is 17.2 Å². The van der Waals surface area contributed by atoms with Crippen LogP contribution in [-0.4, -0.2) is 36.0 Å². The number of benzene rings is 2. The molecule has 1 saturated heterocycles. The van der Waals surface area contributed by atoms with Gasteiger partial charge in [0.25, 0.3) is 0 Å². The summed E-state index contributed by atoms with van der Waals surface area (Å²) in [6, 6.07) is 13.2. The molecule has 0 N–H and O–H groups in total. The van der Waals surface area contributed by atoms with Crippen LogP contribution in [0.2, 0.25) is 10.0 Å². The monoisotopic (exact) mass is 412 g/mol. The van der Waals surface area contributed by atoms with Crippen LogP contribution in [0.25, 0.3) is 0 Å². The lowest BCUT2D eigenvalue weighted by atomic mass is 10.2. The van der Waals surface area contributed by atoms with Gasteiger partial charge in [0, 0.05) is 0 Å². The zero-order valence-corrected chi connectivity index (χ0v) is 15.7. The van der Waals surface area contributed by atoms with Gasteiger partial charge in [-0.2, -0.15) is 0 Å². The average molecular weight is 413 g/mol. The first-order valence-corrected chi connectivity index (χ1v) is 9.48. The maximum absolute atomic E-state index is 12.1. The van der Waals surface area contributed by atoms with Crippen LogP contribution in [0.1, 0.15) is 20.7 Å². The quantitative estimate of drug-likeness (QED) is 0.677. The summed E-state index contributed by atoms with van der Waals surface area (Å²) in [7, 11) is 0. The minimum absolute atomic E-state index is 0.0687. The van der Waals surface area contributed by atoms with Crippen LogP contribution in [0, 0.1) is 0 Å². The molecular formula is C18H14Cl2O5S. The highest BCUT2D eigenvalue weighted by Crippen LogP contribution is 2.28. The molecule has 0 bridgehead atoms. The molecule has 1 heterocycles. The fourth-order valence-electron chi connectivity index (χ4n) is 2.19. The molecule has 3 rings (SSSR count). The Morgan fingerprint density at radius 3 is 2.54 bits per heavy atom. The van der Waals surface area contributed by atoms with E-state index in [9.17, 15) is 9.59 Å². The molecule has 1 aliphatic rings. The molecule has 2 atom stereocenters. The van der Waals surface area contributed by atoms with Crippen molar-refractivity contribution < 1.29 is 23.8 Å². The Kier molecular flexibility index (Phi) is 6.43. The highest BCUT2D eigenvalue weighted by molar-refractivity contribution is 8.00. The Bertz CT molecular complexity index is 799. The van der Waals surface area contributed by atoms with Crippen LogP contribution in [0.3, 0.4) is 0 Å². The van der Waals surface area contributed by atoms with Crippen molar-refractivity contribution in [2.24, 2.45) is 0 Å². The van der Waals surface area contributed by atoms with E-state index in [1.54, 1.807) is 24.3 Å². The summed E-state index contributed by atoms with van der Waals surface area (Å²) in [5.41, 5.74) is 0.360. The molecule has 2 aromatic carbocycles. The fraction of sp³-hybridized carbons (Fsp3) is 0.222. The van der Waals surface area contributed by atoms with Crippen molar-refractivity contribution in [3.63, 3.8) is 0 Å². The van der Waals surface area contributed by atoms with Crippen molar-refractivity contribution in [3.8, 4) is 0 Å². The van der Waals surface area contributed by atoms with Crippen molar-refractivity contribution in [3.05, 3.63) is 69.7 Å². The first-order chi connectivity index (χ1) is 12.5. The maximum Gasteiger partial charge on any atom is 0.340 e. The van der Waals surface area contributed by atoms with Crippen LogP contribution in [0.5, 0.6) is 0 Å². The van der Waals surface area contributed by atoms with Crippen molar-refractivity contribution in [1.29, 1.82) is 0 Å². The fourth-order valence-corrected chi connectivity index (χ4v) is 3.38. The minimum Gasteiger partial charge on any atom is -0.458 e. The highest BCUT2D eigenvalue weighted by atomic mass is 35.5. The van der Waals surface area contributed by atoms with Gasteiger partial charge in [0.05, 0.1) is 26.9 Å². The standard InChI is InChI=1S/C18H14Cl2O5S/c19-13-7-6-12(8-14(13)20)18(22)25-15-10-26-16(24-15)9-23-17(21)11-4-2-1-3-5-11/h1-8,15-16H,9-10H2/t15-,16+/m1/s1. The van der Waals surface area contributed by atoms with Gasteiger partial charge in [-0.25, -0.2) is 9.59 Å². The van der Waals surface area contributed by atoms with E-state index in [1.165, 1.54) is 30.0 Å². The van der Waals surface area contributed by atoms with Gasteiger partial charge in [0.2, 0.25) is 6.29 Å². The van der Waals surface area contributed by atoms with Gasteiger partial charge in [-0.3, -0.25) is 0 Å². The Hall–Kier alpha value is -1.73. The molecule has 0 radical (unpaired) electrons. The second-order valence-electron chi connectivity index (χ2n) is 5.33. The lowest BCUT2D eigenvalue weighted by Gasteiger charge is -2.14. The summed E-state index contributed by atoms with van der Waals surface area (Å²) >= 11 is 13.1. The number of hydrogen-bond acceptors (Lipinski definition) is 6. The van der Waals surface area contributed by atoms with E-state index < -0.39 is 23.7 Å². The molecule has 0 aliphatic carbocycles. The average Bonchev–Trinajstić information content (AvgIpc) is 3.10. The highest BCUT2D eigenvalue weighted by Gasteiger charge is 2.30.